The van der Waals surface area contributed by atoms with E-state index in [0.717, 1.165) is 131 Å². The molecule has 0 amide bonds. The molecule has 10 fully saturated rings. The topological polar surface area (TPSA) is 6.48 Å². The predicted octanol–water partition coefficient (Wildman–Crippen LogP) is 21.7. The molecule has 0 aromatic heterocycles. The van der Waals surface area contributed by atoms with Crippen molar-refractivity contribution in [3.8, 4) is 0 Å². The number of hydrogen-bond donors (Lipinski definition) is 0. The Hall–Kier alpha value is -1.12. The zero-order valence-electron chi connectivity index (χ0n) is 53.4. The second-order valence-electron chi connectivity index (χ2n) is 32.0. The fraction of sp³-hybridized carbons (Fsp3) is 0.895. The zero-order valence-corrected chi connectivity index (χ0v) is 53.4. The van der Waals surface area contributed by atoms with E-state index < -0.39 is 0 Å². The van der Waals surface area contributed by atoms with Crippen LogP contribution in [-0.4, -0.2) is 46.1 Å². The third-order valence-corrected chi connectivity index (χ3v) is 26.6. The highest BCUT2D eigenvalue weighted by Gasteiger charge is 2.55. The van der Waals surface area contributed by atoms with E-state index in [-0.39, 0.29) is 0 Å². The lowest BCUT2D eigenvalue weighted by atomic mass is 9.57. The first kappa shape index (κ1) is 60.0. The molecule has 0 bridgehead atoms. The summed E-state index contributed by atoms with van der Waals surface area (Å²) in [6, 6.07) is 4.69. The molecule has 10 saturated carbocycles. The van der Waals surface area contributed by atoms with Gasteiger partial charge in [0.15, 0.2) is 0 Å². The third kappa shape index (κ3) is 14.9. The first-order valence-corrected chi connectivity index (χ1v) is 36.0. The van der Waals surface area contributed by atoms with Crippen LogP contribution < -0.4 is 0 Å². The fourth-order valence-corrected chi connectivity index (χ4v) is 21.2. The minimum atomic E-state index is 0.763. The van der Waals surface area contributed by atoms with Crippen molar-refractivity contribution in [3.05, 3.63) is 46.6 Å². The molecule has 0 saturated heterocycles. The van der Waals surface area contributed by atoms with Crippen LogP contribution in [0.3, 0.4) is 0 Å². The minimum Gasteiger partial charge on any atom is -0.294 e. The van der Waals surface area contributed by atoms with Gasteiger partial charge in [0, 0.05) is 36.3 Å². The van der Waals surface area contributed by atoms with E-state index in [0.29, 0.717) is 0 Å². The lowest BCUT2D eigenvalue weighted by Crippen LogP contribution is -2.67. The van der Waals surface area contributed by atoms with E-state index in [9.17, 15) is 0 Å². The van der Waals surface area contributed by atoms with Crippen LogP contribution in [0.15, 0.2) is 46.6 Å². The van der Waals surface area contributed by atoms with Crippen LogP contribution in [0.2, 0.25) is 0 Å². The largest absolute Gasteiger partial charge is 0.294 e. The maximum Gasteiger partial charge on any atom is 0.0161 e. The molecule has 6 unspecified atom stereocenters. The maximum absolute atomic E-state index is 3.47. The van der Waals surface area contributed by atoms with Gasteiger partial charge in [-0.05, 0) is 289 Å². The molecule has 10 rings (SSSR count). The summed E-state index contributed by atoms with van der Waals surface area (Å²) in [5.41, 5.74) is 7.08. The third-order valence-electron chi connectivity index (χ3n) is 26.6. The Morgan fingerprint density at radius 2 is 0.462 bits per heavy atom. The van der Waals surface area contributed by atoms with E-state index in [2.05, 4.69) is 103 Å². The van der Waals surface area contributed by atoms with Crippen molar-refractivity contribution in [2.75, 3.05) is 0 Å². The van der Waals surface area contributed by atoms with Crippen LogP contribution in [0.4, 0.5) is 0 Å². The molecule has 10 aliphatic rings. The lowest BCUT2D eigenvalue weighted by molar-refractivity contribution is -0.132. The van der Waals surface area contributed by atoms with Gasteiger partial charge in [0.2, 0.25) is 0 Å². The molecule has 0 aliphatic heterocycles. The van der Waals surface area contributed by atoms with Gasteiger partial charge in [-0.1, -0.05) is 152 Å². The van der Waals surface area contributed by atoms with Gasteiger partial charge in [-0.15, -0.1) is 0 Å². The second kappa shape index (κ2) is 28.2. The molecule has 78 heavy (non-hydrogen) atoms. The quantitative estimate of drug-likeness (QED) is 0.160. The van der Waals surface area contributed by atoms with Crippen LogP contribution in [0.5, 0.6) is 0 Å². The van der Waals surface area contributed by atoms with Crippen LogP contribution >= 0.6 is 0 Å². The van der Waals surface area contributed by atoms with Crippen molar-refractivity contribution in [2.45, 2.75) is 337 Å². The highest BCUT2D eigenvalue weighted by Crippen LogP contribution is 2.54. The standard InChI is InChI=1S/C76H128N2/c1-51-15-31-65(32-16-51)55(5)47-61-23-39-69(40-24-61)77(70-41-25-62(26-42-70)48-56(6)66-33-17-52(2)18-34-66)75-59(9)60(10)76(74-14-12-11-13-73(74)75)78(71-43-27-63(28-44-71)49-57(7)67-35-19-53(3)20-36-67)72-45-29-64(30-46-72)50-58(8)68-37-21-54(4)22-38-68/h47-54,59-76H,11-46H2,1-10H3/b55-47+,56-48+,57-49+,58-50+. The first-order valence-electron chi connectivity index (χ1n) is 36.0. The molecule has 2 nitrogen and oxygen atoms in total. The average molecular weight is 1070 g/mol. The summed E-state index contributed by atoms with van der Waals surface area (Å²) < 4.78 is 0. The van der Waals surface area contributed by atoms with E-state index in [1.165, 1.54) is 231 Å². The Labute approximate surface area is 485 Å². The zero-order chi connectivity index (χ0) is 54.5. The molecule has 0 radical (unpaired) electrons. The molecule has 0 spiro atoms. The normalized spacial score (nSPS) is 45.3. The summed E-state index contributed by atoms with van der Waals surface area (Å²) in [5, 5.41) is 0. The molecular weight excluding hydrogens is 941 g/mol. The Morgan fingerprint density at radius 1 is 0.256 bits per heavy atom. The Morgan fingerprint density at radius 3 is 0.667 bits per heavy atom. The van der Waals surface area contributed by atoms with Crippen LogP contribution in [0, 0.1) is 94.7 Å². The van der Waals surface area contributed by atoms with Crippen LogP contribution in [-0.2, 0) is 0 Å². The fourth-order valence-electron chi connectivity index (χ4n) is 21.2. The van der Waals surface area contributed by atoms with E-state index in [1.54, 1.807) is 22.3 Å². The van der Waals surface area contributed by atoms with E-state index in [4.69, 9.17) is 0 Å². The van der Waals surface area contributed by atoms with Gasteiger partial charge in [-0.2, -0.15) is 0 Å². The Bertz CT molecular complexity index is 1670. The molecule has 0 heterocycles. The van der Waals surface area contributed by atoms with Crippen LogP contribution in [0.1, 0.15) is 300 Å². The summed E-state index contributed by atoms with van der Waals surface area (Å²) in [5.74, 6) is 13.8. The van der Waals surface area contributed by atoms with Gasteiger partial charge >= 0.3 is 0 Å². The molecule has 442 valence electrons. The van der Waals surface area contributed by atoms with Crippen molar-refractivity contribution >= 4 is 0 Å². The van der Waals surface area contributed by atoms with Crippen molar-refractivity contribution in [2.24, 2.45) is 94.7 Å². The number of fused-ring (bicyclic) bond motifs is 1. The molecular formula is C76H128N2. The average Bonchev–Trinajstić information content (AvgIpc) is 3.51. The van der Waals surface area contributed by atoms with Crippen molar-refractivity contribution in [1.29, 1.82) is 0 Å². The number of allylic oxidation sites excluding steroid dienone is 8. The van der Waals surface area contributed by atoms with Crippen molar-refractivity contribution in [1.82, 2.24) is 9.80 Å². The molecule has 0 N–H and O–H groups in total. The monoisotopic (exact) mass is 1070 g/mol. The molecule has 0 aromatic carbocycles. The smallest absolute Gasteiger partial charge is 0.0161 e. The Kier molecular flexibility index (Phi) is 21.7. The maximum atomic E-state index is 3.47. The van der Waals surface area contributed by atoms with E-state index in [1.807, 2.05) is 0 Å². The first-order chi connectivity index (χ1) is 37.8. The van der Waals surface area contributed by atoms with Gasteiger partial charge in [-0.25, -0.2) is 0 Å². The summed E-state index contributed by atoms with van der Waals surface area (Å²) in [7, 11) is 0. The van der Waals surface area contributed by atoms with Crippen LogP contribution in [0.25, 0.3) is 0 Å². The summed E-state index contributed by atoms with van der Waals surface area (Å²) >= 11 is 0. The molecule has 0 aromatic rings. The molecule has 6 atom stereocenters. The number of hydrogen-bond acceptors (Lipinski definition) is 2. The van der Waals surface area contributed by atoms with Crippen molar-refractivity contribution < 1.29 is 0 Å². The predicted molar refractivity (Wildman–Crippen MR) is 338 cm³/mol. The van der Waals surface area contributed by atoms with Gasteiger partial charge in [0.1, 0.15) is 0 Å². The Balaban J connectivity index is 0.896. The SMILES string of the molecule is C/C(=C\C1CCC(N(C2CCC(/C=C(\C)C3CCC(C)CC3)CC2)C2C(C)C(C)C(N(C3CCC(/C=C(\C)C4CCC(C)CC4)CC3)C3CCC(/C=C(\C)C4CCC(C)CC4)CC3)C3CCCCC32)CC1)C1CCC(C)CC1. The number of rotatable bonds is 14. The molecule has 10 aliphatic carbocycles. The summed E-state index contributed by atoms with van der Waals surface area (Å²) in [6.45, 7) is 25.9. The lowest BCUT2D eigenvalue weighted by Gasteiger charge is -2.63. The summed E-state index contributed by atoms with van der Waals surface area (Å²) in [4.78, 5) is 6.93. The van der Waals surface area contributed by atoms with Gasteiger partial charge < -0.3 is 0 Å². The van der Waals surface area contributed by atoms with E-state index >= 15 is 0 Å². The molecule has 2 heteroatoms. The minimum absolute atomic E-state index is 0.763. The van der Waals surface area contributed by atoms with Gasteiger partial charge in [0.25, 0.3) is 0 Å². The second-order valence-corrected chi connectivity index (χ2v) is 32.0. The van der Waals surface area contributed by atoms with Gasteiger partial charge in [-0.3, -0.25) is 9.80 Å². The highest BCUT2D eigenvalue weighted by atomic mass is 15.3. The number of nitrogens with zero attached hydrogens (tertiary/aromatic N) is 2. The van der Waals surface area contributed by atoms with Crippen molar-refractivity contribution in [3.63, 3.8) is 0 Å². The van der Waals surface area contributed by atoms with Gasteiger partial charge in [0.05, 0.1) is 0 Å². The highest BCUT2D eigenvalue weighted by molar-refractivity contribution is 5.15. The summed E-state index contributed by atoms with van der Waals surface area (Å²) in [6.07, 6.45) is 63.6.